The molecule has 1 aliphatic heterocycles. The number of aromatic hydroxyl groups is 1. The van der Waals surface area contributed by atoms with Gasteiger partial charge < -0.3 is 19.9 Å². The molecule has 2 aromatic rings. The third kappa shape index (κ3) is 5.29. The number of dihydropyridines is 1. The number of nitrogens with one attached hydrogen (secondary N) is 1. The van der Waals surface area contributed by atoms with Crippen molar-refractivity contribution < 1.29 is 24.2 Å². The minimum Gasteiger partial charge on any atom is -0.503 e. The molecule has 1 heterocycles. The SMILES string of the molecule is CCOc1cc(C2C(C(=O)OCCc3ccccc3)=C(C)NC3=C2C(=O)CC(C)(C)C3)cc(Cl)c1O. The van der Waals surface area contributed by atoms with E-state index in [0.29, 0.717) is 48.3 Å². The molecule has 0 spiro atoms. The van der Waals surface area contributed by atoms with Crippen molar-refractivity contribution in [2.45, 2.75) is 52.9 Å². The van der Waals surface area contributed by atoms with Crippen LogP contribution in [0, 0.1) is 5.41 Å². The number of ketones is 1. The zero-order valence-corrected chi connectivity index (χ0v) is 21.9. The lowest BCUT2D eigenvalue weighted by molar-refractivity contribution is -0.139. The number of hydrogen-bond acceptors (Lipinski definition) is 6. The molecule has 0 saturated heterocycles. The van der Waals surface area contributed by atoms with Crippen molar-refractivity contribution >= 4 is 23.4 Å². The maximum Gasteiger partial charge on any atom is 0.336 e. The van der Waals surface area contributed by atoms with Crippen LogP contribution in [0.3, 0.4) is 0 Å². The first kappa shape index (κ1) is 25.8. The molecule has 0 amide bonds. The summed E-state index contributed by atoms with van der Waals surface area (Å²) in [7, 11) is 0. The lowest BCUT2D eigenvalue weighted by atomic mass is 9.68. The Bertz CT molecular complexity index is 1250. The first-order valence-corrected chi connectivity index (χ1v) is 12.6. The number of esters is 1. The maximum absolute atomic E-state index is 13.5. The molecule has 2 aliphatic rings. The number of phenols is 1. The number of carbonyl (C=O) groups excluding carboxylic acids is 2. The van der Waals surface area contributed by atoms with Gasteiger partial charge in [-0.05, 0) is 48.9 Å². The fraction of sp³-hybridized carbons (Fsp3) is 0.379. The van der Waals surface area contributed by atoms with E-state index in [9.17, 15) is 14.7 Å². The molecule has 1 unspecified atom stereocenters. The van der Waals surface area contributed by atoms with E-state index in [0.717, 1.165) is 11.3 Å². The van der Waals surface area contributed by atoms with Crippen LogP contribution in [-0.4, -0.2) is 30.1 Å². The van der Waals surface area contributed by atoms with Gasteiger partial charge in [0.1, 0.15) is 0 Å². The molecule has 0 saturated carbocycles. The molecule has 0 radical (unpaired) electrons. The van der Waals surface area contributed by atoms with Crippen LogP contribution >= 0.6 is 11.6 Å². The van der Waals surface area contributed by atoms with Gasteiger partial charge in [-0.1, -0.05) is 55.8 Å². The lowest BCUT2D eigenvalue weighted by Gasteiger charge is -2.39. The number of allylic oxidation sites excluding steroid dienone is 3. The predicted molar refractivity (Wildman–Crippen MR) is 139 cm³/mol. The average molecular weight is 510 g/mol. The van der Waals surface area contributed by atoms with Crippen LogP contribution in [0.5, 0.6) is 11.5 Å². The second-order valence-corrected chi connectivity index (χ2v) is 10.5. The number of rotatable bonds is 7. The van der Waals surface area contributed by atoms with Crippen molar-refractivity contribution in [2.24, 2.45) is 5.41 Å². The van der Waals surface area contributed by atoms with E-state index in [-0.39, 0.29) is 34.3 Å². The topological polar surface area (TPSA) is 84.9 Å². The van der Waals surface area contributed by atoms with Gasteiger partial charge in [-0.25, -0.2) is 4.79 Å². The normalized spacial score (nSPS) is 19.0. The number of phenolic OH excluding ortho intramolecular Hbond substituents is 1. The summed E-state index contributed by atoms with van der Waals surface area (Å²) in [6.45, 7) is 8.27. The van der Waals surface area contributed by atoms with E-state index in [4.69, 9.17) is 21.1 Å². The highest BCUT2D eigenvalue weighted by Crippen LogP contribution is 2.49. The van der Waals surface area contributed by atoms with Crippen molar-refractivity contribution in [3.8, 4) is 11.5 Å². The fourth-order valence-corrected chi connectivity index (χ4v) is 5.27. The Labute approximate surface area is 216 Å². The predicted octanol–water partition coefficient (Wildman–Crippen LogP) is 5.83. The molecule has 2 N–H and O–H groups in total. The van der Waals surface area contributed by atoms with Gasteiger partial charge in [-0.15, -0.1) is 0 Å². The summed E-state index contributed by atoms with van der Waals surface area (Å²) in [5.74, 6) is -1.17. The van der Waals surface area contributed by atoms with Gasteiger partial charge in [-0.3, -0.25) is 4.79 Å². The Morgan fingerprint density at radius 1 is 1.19 bits per heavy atom. The van der Waals surface area contributed by atoms with Crippen LogP contribution in [-0.2, 0) is 20.7 Å². The standard InChI is InChI=1S/C29H32ClNO5/c1-5-35-23-14-19(13-20(30)27(23)33)25-24(28(34)36-12-11-18-9-7-6-8-10-18)17(2)31-21-15-29(3,4)16-22(32)26(21)25/h6-10,13-14,25,31,33H,5,11-12,15-16H2,1-4H3. The number of carbonyl (C=O) groups is 2. The molecular formula is C29H32ClNO5. The largest absolute Gasteiger partial charge is 0.503 e. The number of halogens is 1. The highest BCUT2D eigenvalue weighted by molar-refractivity contribution is 6.32. The summed E-state index contributed by atoms with van der Waals surface area (Å²) in [6, 6.07) is 13.0. The molecule has 0 aromatic heterocycles. The van der Waals surface area contributed by atoms with E-state index in [1.165, 1.54) is 0 Å². The van der Waals surface area contributed by atoms with Crippen LogP contribution in [0.1, 0.15) is 57.6 Å². The van der Waals surface area contributed by atoms with Crippen LogP contribution in [0.15, 0.2) is 65.0 Å². The highest BCUT2D eigenvalue weighted by atomic mass is 35.5. The summed E-state index contributed by atoms with van der Waals surface area (Å²) in [4.78, 5) is 27.0. The summed E-state index contributed by atoms with van der Waals surface area (Å²) in [5.41, 5.74) is 3.80. The Hall–Kier alpha value is -3.25. The van der Waals surface area contributed by atoms with E-state index in [1.807, 2.05) is 37.3 Å². The maximum atomic E-state index is 13.5. The molecule has 7 heteroatoms. The van der Waals surface area contributed by atoms with Crippen LogP contribution in [0.2, 0.25) is 5.02 Å². The van der Waals surface area contributed by atoms with Crippen molar-refractivity contribution in [2.75, 3.05) is 13.2 Å². The molecule has 6 nitrogen and oxygen atoms in total. The quantitative estimate of drug-likeness (QED) is 0.456. The molecule has 1 aliphatic carbocycles. The van der Waals surface area contributed by atoms with Gasteiger partial charge in [0.25, 0.3) is 0 Å². The molecule has 0 fully saturated rings. The third-order valence-electron chi connectivity index (χ3n) is 6.61. The van der Waals surface area contributed by atoms with Gasteiger partial charge in [-0.2, -0.15) is 0 Å². The molecule has 190 valence electrons. The Kier molecular flexibility index (Phi) is 7.46. The molecule has 0 bridgehead atoms. The van der Waals surface area contributed by atoms with E-state index >= 15 is 0 Å². The highest BCUT2D eigenvalue weighted by Gasteiger charge is 2.43. The fourth-order valence-electron chi connectivity index (χ4n) is 5.05. The van der Waals surface area contributed by atoms with Gasteiger partial charge >= 0.3 is 5.97 Å². The van der Waals surface area contributed by atoms with E-state index in [2.05, 4.69) is 19.2 Å². The molecule has 4 rings (SSSR count). The minimum atomic E-state index is -0.689. The molecular weight excluding hydrogens is 478 g/mol. The smallest absolute Gasteiger partial charge is 0.336 e. The summed E-state index contributed by atoms with van der Waals surface area (Å²) in [6.07, 6.45) is 1.61. The van der Waals surface area contributed by atoms with Crippen molar-refractivity contribution in [1.29, 1.82) is 0 Å². The van der Waals surface area contributed by atoms with Crippen molar-refractivity contribution in [3.05, 3.63) is 81.2 Å². The summed E-state index contributed by atoms with van der Waals surface area (Å²) >= 11 is 6.37. The third-order valence-corrected chi connectivity index (χ3v) is 6.90. The Morgan fingerprint density at radius 2 is 1.92 bits per heavy atom. The molecule has 2 aromatic carbocycles. The number of benzene rings is 2. The van der Waals surface area contributed by atoms with Crippen LogP contribution in [0.4, 0.5) is 0 Å². The van der Waals surface area contributed by atoms with Crippen molar-refractivity contribution in [1.82, 2.24) is 5.32 Å². The van der Waals surface area contributed by atoms with Crippen LogP contribution in [0.25, 0.3) is 0 Å². The monoisotopic (exact) mass is 509 g/mol. The average Bonchev–Trinajstić information content (AvgIpc) is 2.81. The first-order valence-electron chi connectivity index (χ1n) is 12.2. The Morgan fingerprint density at radius 3 is 2.61 bits per heavy atom. The van der Waals surface area contributed by atoms with Gasteiger partial charge in [0.2, 0.25) is 0 Å². The number of Topliss-reactive ketones (excluding diaryl/α,β-unsaturated/α-hetero) is 1. The Balaban J connectivity index is 1.74. The number of hydrogen-bond donors (Lipinski definition) is 2. The minimum absolute atomic E-state index is 0.0250. The van der Waals surface area contributed by atoms with Crippen LogP contribution < -0.4 is 10.1 Å². The van der Waals surface area contributed by atoms with Crippen molar-refractivity contribution in [3.63, 3.8) is 0 Å². The molecule has 1 atom stereocenters. The second kappa shape index (κ2) is 10.4. The van der Waals surface area contributed by atoms with Gasteiger partial charge in [0.15, 0.2) is 17.3 Å². The summed E-state index contributed by atoms with van der Waals surface area (Å²) < 4.78 is 11.3. The summed E-state index contributed by atoms with van der Waals surface area (Å²) in [5, 5.41) is 13.8. The first-order chi connectivity index (χ1) is 17.1. The lowest BCUT2D eigenvalue weighted by Crippen LogP contribution is -2.38. The zero-order valence-electron chi connectivity index (χ0n) is 21.1. The van der Waals surface area contributed by atoms with Gasteiger partial charge in [0.05, 0.1) is 23.8 Å². The van der Waals surface area contributed by atoms with E-state index < -0.39 is 11.9 Å². The number of ether oxygens (including phenoxy) is 2. The molecule has 36 heavy (non-hydrogen) atoms. The van der Waals surface area contributed by atoms with Gasteiger partial charge in [0, 0.05) is 35.7 Å². The zero-order chi connectivity index (χ0) is 26.0. The van der Waals surface area contributed by atoms with E-state index in [1.54, 1.807) is 19.1 Å². The second-order valence-electron chi connectivity index (χ2n) is 10.1.